The lowest BCUT2D eigenvalue weighted by atomic mass is 10.2. The van der Waals surface area contributed by atoms with Crippen LogP contribution in [0.1, 0.15) is 24.1 Å². The molecule has 2 saturated heterocycles. The summed E-state index contributed by atoms with van der Waals surface area (Å²) in [5.74, 6) is 0.129. The Morgan fingerprint density at radius 1 is 1.15 bits per heavy atom. The first-order valence-electron chi connectivity index (χ1n) is 9.26. The number of carbonyl (C=O) groups excluding carboxylic acids is 1. The van der Waals surface area contributed by atoms with Crippen molar-refractivity contribution in [3.63, 3.8) is 0 Å². The number of thiophene rings is 1. The fourth-order valence-corrected chi connectivity index (χ4v) is 4.94. The van der Waals surface area contributed by atoms with E-state index in [2.05, 4.69) is 23.1 Å². The highest BCUT2D eigenvalue weighted by Gasteiger charge is 2.30. The van der Waals surface area contributed by atoms with Crippen LogP contribution < -0.4 is 0 Å². The maximum atomic E-state index is 12.5. The number of benzene rings is 1. The Balaban J connectivity index is 1.37. The molecule has 5 heteroatoms. The van der Waals surface area contributed by atoms with E-state index in [4.69, 9.17) is 11.6 Å². The minimum absolute atomic E-state index is 0.129. The zero-order valence-electron chi connectivity index (χ0n) is 14.7. The summed E-state index contributed by atoms with van der Waals surface area (Å²) < 4.78 is 0. The lowest BCUT2D eigenvalue weighted by Gasteiger charge is -2.23. The Hall–Kier alpha value is -1.62. The summed E-state index contributed by atoms with van der Waals surface area (Å²) in [6.07, 6.45) is 7.37. The zero-order chi connectivity index (χ0) is 17.9. The van der Waals surface area contributed by atoms with Crippen molar-refractivity contribution >= 4 is 34.9 Å². The van der Waals surface area contributed by atoms with Gasteiger partial charge in [0.2, 0.25) is 5.91 Å². The van der Waals surface area contributed by atoms with Gasteiger partial charge in [0, 0.05) is 40.0 Å². The van der Waals surface area contributed by atoms with Gasteiger partial charge in [0.1, 0.15) is 0 Å². The van der Waals surface area contributed by atoms with Gasteiger partial charge >= 0.3 is 0 Å². The smallest absolute Gasteiger partial charge is 0.246 e. The van der Waals surface area contributed by atoms with Gasteiger partial charge in [-0.2, -0.15) is 0 Å². The average molecular weight is 387 g/mol. The molecule has 0 N–H and O–H groups in total. The first-order valence-corrected chi connectivity index (χ1v) is 10.5. The van der Waals surface area contributed by atoms with Crippen molar-refractivity contribution in [2.75, 3.05) is 26.2 Å². The number of rotatable bonds is 4. The molecule has 0 spiro atoms. The van der Waals surface area contributed by atoms with Crippen LogP contribution in [0.4, 0.5) is 0 Å². The summed E-state index contributed by atoms with van der Waals surface area (Å²) in [6, 6.07) is 12.6. The van der Waals surface area contributed by atoms with E-state index < -0.39 is 0 Å². The minimum atomic E-state index is 0.129. The van der Waals surface area contributed by atoms with Crippen LogP contribution >= 0.6 is 22.9 Å². The quantitative estimate of drug-likeness (QED) is 0.706. The number of carbonyl (C=O) groups is 1. The Kier molecular flexibility index (Phi) is 5.44. The molecular formula is C21H23ClN2OS. The summed E-state index contributed by atoms with van der Waals surface area (Å²) in [5, 5.41) is 0.741. The van der Waals surface area contributed by atoms with E-state index in [1.165, 1.54) is 25.9 Å². The van der Waals surface area contributed by atoms with E-state index >= 15 is 0 Å². The topological polar surface area (TPSA) is 23.6 Å². The predicted molar refractivity (Wildman–Crippen MR) is 110 cm³/mol. The second-order valence-electron chi connectivity index (χ2n) is 7.02. The Morgan fingerprint density at radius 3 is 2.81 bits per heavy atom. The van der Waals surface area contributed by atoms with Gasteiger partial charge in [-0.15, -0.1) is 11.3 Å². The minimum Gasteiger partial charge on any atom is -0.338 e. The summed E-state index contributed by atoms with van der Waals surface area (Å²) in [5.41, 5.74) is 1.11. The van der Waals surface area contributed by atoms with Crippen LogP contribution in [0.15, 0.2) is 42.5 Å². The van der Waals surface area contributed by atoms with Crippen LogP contribution in [0.25, 0.3) is 16.5 Å². The monoisotopic (exact) mass is 386 g/mol. The molecule has 3 heterocycles. The number of nitrogens with zero attached hydrogens (tertiary/aromatic N) is 2. The molecule has 3 nitrogen and oxygen atoms in total. The first-order chi connectivity index (χ1) is 12.7. The standard InChI is InChI=1S/C21H23ClN2OS/c22-17-5-3-4-16(14-17)20-8-6-19(26-20)7-9-21(25)24-13-10-18(15-24)23-11-1-2-12-23/h3-9,14,18H,1-2,10-13,15H2/b9-7+. The van der Waals surface area contributed by atoms with Crippen molar-refractivity contribution in [1.82, 2.24) is 9.80 Å². The molecular weight excluding hydrogens is 364 g/mol. The van der Waals surface area contributed by atoms with Gasteiger partial charge in [-0.05, 0) is 68.3 Å². The van der Waals surface area contributed by atoms with Crippen LogP contribution in [0.3, 0.4) is 0 Å². The van der Waals surface area contributed by atoms with Crippen molar-refractivity contribution in [2.24, 2.45) is 0 Å². The highest BCUT2D eigenvalue weighted by Crippen LogP contribution is 2.30. The van der Waals surface area contributed by atoms with E-state index in [1.807, 2.05) is 29.2 Å². The molecule has 1 atom stereocenters. The summed E-state index contributed by atoms with van der Waals surface area (Å²) in [6.45, 7) is 4.15. The van der Waals surface area contributed by atoms with E-state index in [0.29, 0.717) is 6.04 Å². The molecule has 0 aliphatic carbocycles. The fraction of sp³-hybridized carbons (Fsp3) is 0.381. The molecule has 1 aromatic heterocycles. The SMILES string of the molecule is O=C(/C=C/c1ccc(-c2cccc(Cl)c2)s1)N1CCC(N2CCCC2)C1. The zero-order valence-corrected chi connectivity index (χ0v) is 16.3. The maximum Gasteiger partial charge on any atom is 0.246 e. The summed E-state index contributed by atoms with van der Waals surface area (Å²) >= 11 is 7.75. The number of likely N-dealkylation sites (tertiary alicyclic amines) is 2. The molecule has 26 heavy (non-hydrogen) atoms. The number of hydrogen-bond acceptors (Lipinski definition) is 3. The van der Waals surface area contributed by atoms with Crippen molar-refractivity contribution < 1.29 is 4.79 Å². The third kappa shape index (κ3) is 4.03. The highest BCUT2D eigenvalue weighted by molar-refractivity contribution is 7.16. The average Bonchev–Trinajstić information content (AvgIpc) is 3.40. The molecule has 1 unspecified atom stereocenters. The third-order valence-electron chi connectivity index (χ3n) is 5.26. The van der Waals surface area contributed by atoms with Gasteiger partial charge in [-0.3, -0.25) is 9.69 Å². The summed E-state index contributed by atoms with van der Waals surface area (Å²) in [4.78, 5) is 19.3. The van der Waals surface area contributed by atoms with E-state index in [1.54, 1.807) is 17.4 Å². The van der Waals surface area contributed by atoms with Crippen LogP contribution in [0.2, 0.25) is 5.02 Å². The van der Waals surface area contributed by atoms with E-state index in [-0.39, 0.29) is 5.91 Å². The molecule has 2 fully saturated rings. The number of halogens is 1. The predicted octanol–water partition coefficient (Wildman–Crippen LogP) is 4.78. The lowest BCUT2D eigenvalue weighted by Crippen LogP contribution is -2.36. The van der Waals surface area contributed by atoms with Gasteiger partial charge < -0.3 is 4.90 Å². The van der Waals surface area contributed by atoms with Crippen LogP contribution in [-0.4, -0.2) is 47.9 Å². The Labute approximate surface area is 163 Å². The molecule has 1 aromatic carbocycles. The van der Waals surface area contributed by atoms with Crippen LogP contribution in [-0.2, 0) is 4.79 Å². The highest BCUT2D eigenvalue weighted by atomic mass is 35.5. The molecule has 0 saturated carbocycles. The second kappa shape index (κ2) is 7.95. The van der Waals surface area contributed by atoms with Gasteiger partial charge in [-0.1, -0.05) is 23.7 Å². The third-order valence-corrected chi connectivity index (χ3v) is 6.59. The Morgan fingerprint density at radius 2 is 2.00 bits per heavy atom. The van der Waals surface area contributed by atoms with E-state index in [0.717, 1.165) is 39.9 Å². The second-order valence-corrected chi connectivity index (χ2v) is 8.57. The molecule has 0 radical (unpaired) electrons. The molecule has 2 aromatic rings. The number of amides is 1. The molecule has 1 amide bonds. The largest absolute Gasteiger partial charge is 0.338 e. The molecule has 0 bridgehead atoms. The number of hydrogen-bond donors (Lipinski definition) is 0. The van der Waals surface area contributed by atoms with E-state index in [9.17, 15) is 4.79 Å². The van der Waals surface area contributed by atoms with Crippen molar-refractivity contribution in [3.05, 3.63) is 52.4 Å². The molecule has 136 valence electrons. The molecule has 2 aliphatic heterocycles. The maximum absolute atomic E-state index is 12.5. The van der Waals surface area contributed by atoms with Gasteiger partial charge in [-0.25, -0.2) is 0 Å². The van der Waals surface area contributed by atoms with Crippen LogP contribution in [0, 0.1) is 0 Å². The Bertz CT molecular complexity index is 810. The molecule has 2 aliphatic rings. The van der Waals surface area contributed by atoms with Gasteiger partial charge in [0.05, 0.1) is 0 Å². The van der Waals surface area contributed by atoms with Crippen molar-refractivity contribution in [3.8, 4) is 10.4 Å². The van der Waals surface area contributed by atoms with Gasteiger partial charge in [0.25, 0.3) is 0 Å². The first kappa shape index (κ1) is 17.8. The van der Waals surface area contributed by atoms with Crippen molar-refractivity contribution in [2.45, 2.75) is 25.3 Å². The van der Waals surface area contributed by atoms with Gasteiger partial charge in [0.15, 0.2) is 0 Å². The van der Waals surface area contributed by atoms with Crippen LogP contribution in [0.5, 0.6) is 0 Å². The normalized spacial score (nSPS) is 21.1. The molecule has 4 rings (SSSR count). The lowest BCUT2D eigenvalue weighted by molar-refractivity contribution is -0.125. The fourth-order valence-electron chi connectivity index (χ4n) is 3.84. The van der Waals surface area contributed by atoms with Crippen molar-refractivity contribution in [1.29, 1.82) is 0 Å². The summed E-state index contributed by atoms with van der Waals surface area (Å²) in [7, 11) is 0.